The molecule has 1 atom stereocenters. The fourth-order valence-electron chi connectivity index (χ4n) is 2.76. The van der Waals surface area contributed by atoms with Crippen LogP contribution in [0.2, 0.25) is 20.4 Å². The Balaban J connectivity index is 1.64. The number of pyridine rings is 1. The molecule has 0 aliphatic carbocycles. The van der Waals surface area contributed by atoms with E-state index in [1.165, 1.54) is 28.1 Å². The van der Waals surface area contributed by atoms with Gasteiger partial charge in [-0.3, -0.25) is 0 Å². The third-order valence-corrected chi connectivity index (χ3v) is 6.85. The number of thioether (sulfide) groups is 1. The molecule has 2 aromatic carbocycles. The van der Waals surface area contributed by atoms with Crippen molar-refractivity contribution < 1.29 is 0 Å². The number of hydrogen-bond donors (Lipinski definition) is 1. The van der Waals surface area contributed by atoms with Crippen LogP contribution in [-0.4, -0.2) is 17.3 Å². The molecule has 0 saturated carbocycles. The van der Waals surface area contributed by atoms with Gasteiger partial charge in [-0.2, -0.15) is 0 Å². The standard InChI is InChI=1S/C19H16Cl4N2S/c1-11(13-8-4-6-12-5-2-3-7-14(12)13)24-9-10-26-17-15(20)18(22)25-19(23)16(17)21/h2-8,11,24H,9-10H2,1H3/t11-/m1/s1. The molecular weight excluding hydrogens is 430 g/mol. The van der Waals surface area contributed by atoms with Crippen LogP contribution in [0.3, 0.4) is 0 Å². The van der Waals surface area contributed by atoms with Crippen LogP contribution >= 0.6 is 58.2 Å². The van der Waals surface area contributed by atoms with Crippen molar-refractivity contribution in [2.45, 2.75) is 17.9 Å². The molecule has 3 aromatic rings. The Labute approximate surface area is 177 Å². The van der Waals surface area contributed by atoms with Crippen LogP contribution in [0.25, 0.3) is 10.8 Å². The highest BCUT2D eigenvalue weighted by molar-refractivity contribution is 7.99. The van der Waals surface area contributed by atoms with Crippen LogP contribution in [0.15, 0.2) is 47.4 Å². The van der Waals surface area contributed by atoms with Gasteiger partial charge in [0.1, 0.15) is 0 Å². The predicted molar refractivity (Wildman–Crippen MR) is 115 cm³/mol. The van der Waals surface area contributed by atoms with Crippen LogP contribution in [0.5, 0.6) is 0 Å². The number of fused-ring (bicyclic) bond motifs is 1. The average molecular weight is 446 g/mol. The maximum Gasteiger partial charge on any atom is 0.150 e. The van der Waals surface area contributed by atoms with E-state index in [1.54, 1.807) is 0 Å². The number of benzene rings is 2. The zero-order valence-electron chi connectivity index (χ0n) is 13.9. The normalized spacial score (nSPS) is 12.5. The zero-order valence-corrected chi connectivity index (χ0v) is 17.7. The summed E-state index contributed by atoms with van der Waals surface area (Å²) in [4.78, 5) is 4.56. The van der Waals surface area contributed by atoms with Crippen molar-refractivity contribution in [2.24, 2.45) is 0 Å². The Bertz CT molecular complexity index is 901. The smallest absolute Gasteiger partial charge is 0.150 e. The first-order chi connectivity index (χ1) is 12.5. The SMILES string of the molecule is C[C@@H](NCCSc1c(Cl)c(Cl)nc(Cl)c1Cl)c1cccc2ccccc12. The second kappa shape index (κ2) is 9.01. The van der Waals surface area contributed by atoms with E-state index in [0.29, 0.717) is 14.9 Å². The number of hydrogen-bond acceptors (Lipinski definition) is 3. The highest BCUT2D eigenvalue weighted by Gasteiger charge is 2.16. The lowest BCUT2D eigenvalue weighted by Crippen LogP contribution is -2.21. The lowest BCUT2D eigenvalue weighted by molar-refractivity contribution is 0.605. The molecule has 1 heterocycles. The van der Waals surface area contributed by atoms with Gasteiger partial charge >= 0.3 is 0 Å². The number of aromatic nitrogens is 1. The summed E-state index contributed by atoms with van der Waals surface area (Å²) in [6.07, 6.45) is 0. The van der Waals surface area contributed by atoms with Crippen molar-refractivity contribution in [1.29, 1.82) is 0 Å². The molecule has 0 radical (unpaired) electrons. The second-order valence-electron chi connectivity index (χ2n) is 5.74. The minimum atomic E-state index is 0.167. The van der Waals surface area contributed by atoms with Gasteiger partial charge in [0.05, 0.1) is 14.9 Å². The third kappa shape index (κ3) is 4.41. The predicted octanol–water partition coefficient (Wildman–Crippen LogP) is 7.29. The van der Waals surface area contributed by atoms with Crippen molar-refractivity contribution in [2.75, 3.05) is 12.3 Å². The summed E-state index contributed by atoms with van der Waals surface area (Å²) in [5, 5.41) is 7.07. The van der Waals surface area contributed by atoms with E-state index in [9.17, 15) is 0 Å². The Morgan fingerprint density at radius 3 is 2.35 bits per heavy atom. The van der Waals surface area contributed by atoms with Crippen molar-refractivity contribution in [3.8, 4) is 0 Å². The second-order valence-corrected chi connectivity index (χ2v) is 8.32. The molecule has 7 heteroatoms. The van der Waals surface area contributed by atoms with E-state index in [0.717, 1.165) is 12.3 Å². The quantitative estimate of drug-likeness (QED) is 0.245. The van der Waals surface area contributed by atoms with Crippen LogP contribution in [-0.2, 0) is 0 Å². The van der Waals surface area contributed by atoms with E-state index in [2.05, 4.69) is 59.7 Å². The van der Waals surface area contributed by atoms with Gasteiger partial charge in [-0.15, -0.1) is 11.8 Å². The van der Waals surface area contributed by atoms with Gasteiger partial charge in [-0.05, 0) is 23.3 Å². The largest absolute Gasteiger partial charge is 0.309 e. The highest BCUT2D eigenvalue weighted by Crippen LogP contribution is 2.40. The summed E-state index contributed by atoms with van der Waals surface area (Å²) < 4.78 is 0. The fourth-order valence-corrected chi connectivity index (χ4v) is 4.79. The van der Waals surface area contributed by atoms with E-state index >= 15 is 0 Å². The molecule has 0 bridgehead atoms. The van der Waals surface area contributed by atoms with Gasteiger partial charge in [-0.1, -0.05) is 88.9 Å². The molecule has 3 rings (SSSR count). The molecule has 2 nitrogen and oxygen atoms in total. The first-order valence-electron chi connectivity index (χ1n) is 8.03. The molecule has 136 valence electrons. The molecule has 1 N–H and O–H groups in total. The first-order valence-corrected chi connectivity index (χ1v) is 10.5. The summed E-state index contributed by atoms with van der Waals surface area (Å²) >= 11 is 25.8. The van der Waals surface area contributed by atoms with Crippen molar-refractivity contribution in [1.82, 2.24) is 10.3 Å². The Hall–Kier alpha value is -0.680. The fraction of sp³-hybridized carbons (Fsp3) is 0.211. The molecular formula is C19H16Cl4N2S. The highest BCUT2D eigenvalue weighted by atomic mass is 35.5. The molecule has 0 aliphatic heterocycles. The van der Waals surface area contributed by atoms with E-state index < -0.39 is 0 Å². The molecule has 1 aromatic heterocycles. The van der Waals surface area contributed by atoms with Crippen molar-refractivity contribution in [3.05, 3.63) is 68.4 Å². The molecule has 0 amide bonds. The lowest BCUT2D eigenvalue weighted by Gasteiger charge is -2.17. The van der Waals surface area contributed by atoms with Gasteiger partial charge in [0.15, 0.2) is 10.3 Å². The van der Waals surface area contributed by atoms with Crippen LogP contribution < -0.4 is 5.32 Å². The minimum absolute atomic E-state index is 0.167. The van der Waals surface area contributed by atoms with Gasteiger partial charge in [-0.25, -0.2) is 4.98 Å². The van der Waals surface area contributed by atoms with Crippen LogP contribution in [0.1, 0.15) is 18.5 Å². The van der Waals surface area contributed by atoms with E-state index in [1.807, 2.05) is 0 Å². The summed E-state index contributed by atoms with van der Waals surface area (Å²) in [5.41, 5.74) is 1.28. The topological polar surface area (TPSA) is 24.9 Å². The Kier molecular flexibility index (Phi) is 6.95. The lowest BCUT2D eigenvalue weighted by atomic mass is 10.00. The van der Waals surface area contributed by atoms with E-state index in [-0.39, 0.29) is 16.3 Å². The maximum absolute atomic E-state index is 6.19. The minimum Gasteiger partial charge on any atom is -0.309 e. The zero-order chi connectivity index (χ0) is 18.7. The Morgan fingerprint density at radius 1 is 0.962 bits per heavy atom. The third-order valence-electron chi connectivity index (χ3n) is 4.05. The number of nitrogens with one attached hydrogen (secondary N) is 1. The summed E-state index contributed by atoms with van der Waals surface area (Å²) in [6.45, 7) is 2.94. The van der Waals surface area contributed by atoms with Crippen LogP contribution in [0, 0.1) is 0 Å². The number of rotatable bonds is 6. The Morgan fingerprint density at radius 2 is 1.62 bits per heavy atom. The van der Waals surface area contributed by atoms with Crippen molar-refractivity contribution in [3.63, 3.8) is 0 Å². The maximum atomic E-state index is 6.19. The molecule has 0 aliphatic rings. The molecule has 0 unspecified atom stereocenters. The van der Waals surface area contributed by atoms with Crippen molar-refractivity contribution >= 4 is 68.9 Å². The first kappa shape index (κ1) is 20.1. The summed E-state index contributed by atoms with van der Waals surface area (Å²) in [6, 6.07) is 15.0. The summed E-state index contributed by atoms with van der Waals surface area (Å²) in [5.74, 6) is 0.769. The van der Waals surface area contributed by atoms with E-state index in [4.69, 9.17) is 46.4 Å². The number of nitrogens with zero attached hydrogens (tertiary/aromatic N) is 1. The van der Waals surface area contributed by atoms with Gasteiger partial charge in [0, 0.05) is 18.3 Å². The molecule has 0 spiro atoms. The monoisotopic (exact) mass is 444 g/mol. The number of halogens is 4. The van der Waals surface area contributed by atoms with Gasteiger partial charge in [0.2, 0.25) is 0 Å². The van der Waals surface area contributed by atoms with Gasteiger partial charge in [0.25, 0.3) is 0 Å². The summed E-state index contributed by atoms with van der Waals surface area (Å²) in [7, 11) is 0. The molecule has 0 saturated heterocycles. The molecule has 26 heavy (non-hydrogen) atoms. The van der Waals surface area contributed by atoms with Gasteiger partial charge < -0.3 is 5.32 Å². The molecule has 0 fully saturated rings. The average Bonchev–Trinajstić information content (AvgIpc) is 2.65. The van der Waals surface area contributed by atoms with Crippen LogP contribution in [0.4, 0.5) is 0 Å².